The summed E-state index contributed by atoms with van der Waals surface area (Å²) in [5, 5.41) is 5.64. The highest BCUT2D eigenvalue weighted by molar-refractivity contribution is 5.74. The molecule has 0 aromatic rings. The Morgan fingerprint density at radius 3 is 2.63 bits per heavy atom. The van der Waals surface area contributed by atoms with E-state index in [9.17, 15) is 4.79 Å². The lowest BCUT2D eigenvalue weighted by molar-refractivity contribution is 0.0514. The minimum Gasteiger partial charge on any atom is -0.381 e. The largest absolute Gasteiger partial charge is 0.381 e. The molecule has 0 unspecified atom stereocenters. The number of hydrogen-bond donors (Lipinski definition) is 2. The van der Waals surface area contributed by atoms with Crippen LogP contribution in [0.4, 0.5) is 4.79 Å². The molecule has 19 heavy (non-hydrogen) atoms. The Bertz CT molecular complexity index is 336. The number of amides is 2. The van der Waals surface area contributed by atoms with Crippen LogP contribution in [0.5, 0.6) is 0 Å². The molecule has 1 rings (SSSR count). The smallest absolute Gasteiger partial charge is 0.315 e. The summed E-state index contributed by atoms with van der Waals surface area (Å²) in [4.78, 5) is 11.5. The maximum Gasteiger partial charge on any atom is 0.315 e. The lowest BCUT2D eigenvalue weighted by Gasteiger charge is -2.32. The fourth-order valence-electron chi connectivity index (χ4n) is 2.40. The molecule has 0 aromatic heterocycles. The summed E-state index contributed by atoms with van der Waals surface area (Å²) in [6.07, 6.45) is 3.41. The summed E-state index contributed by atoms with van der Waals surface area (Å²) in [7, 11) is 0. The van der Waals surface area contributed by atoms with E-state index < -0.39 is 0 Å². The zero-order chi connectivity index (χ0) is 14.1. The van der Waals surface area contributed by atoms with Crippen LogP contribution < -0.4 is 10.6 Å². The Labute approximate surface area is 116 Å². The Kier molecular flexibility index (Phi) is 6.72. The van der Waals surface area contributed by atoms with Crippen LogP contribution in [0.2, 0.25) is 0 Å². The lowest BCUT2D eigenvalue weighted by atomic mass is 9.80. The van der Waals surface area contributed by atoms with E-state index in [4.69, 9.17) is 4.74 Å². The second kappa shape index (κ2) is 8.06. The minimum atomic E-state index is -0.136. The van der Waals surface area contributed by atoms with Crippen LogP contribution in [0, 0.1) is 23.2 Å². The van der Waals surface area contributed by atoms with Crippen molar-refractivity contribution in [2.45, 2.75) is 40.0 Å². The maximum absolute atomic E-state index is 11.5. The zero-order valence-electron chi connectivity index (χ0n) is 12.3. The Balaban J connectivity index is 2.24. The van der Waals surface area contributed by atoms with Crippen LogP contribution in [0.15, 0.2) is 0 Å². The molecule has 108 valence electrons. The summed E-state index contributed by atoms with van der Waals surface area (Å²) in [5.41, 5.74) is 0.121. The number of ether oxygens (including phenoxy) is 1. The summed E-state index contributed by atoms with van der Waals surface area (Å²) >= 11 is 0. The van der Waals surface area contributed by atoms with Gasteiger partial charge in [0, 0.05) is 19.8 Å². The van der Waals surface area contributed by atoms with E-state index in [1.54, 1.807) is 6.92 Å². The van der Waals surface area contributed by atoms with Crippen molar-refractivity contribution in [2.75, 3.05) is 26.3 Å². The number of nitrogens with one attached hydrogen (secondary N) is 2. The topological polar surface area (TPSA) is 50.4 Å². The van der Waals surface area contributed by atoms with Crippen molar-refractivity contribution in [3.05, 3.63) is 0 Å². The van der Waals surface area contributed by atoms with Crippen molar-refractivity contribution in [1.29, 1.82) is 0 Å². The van der Waals surface area contributed by atoms with Crippen LogP contribution in [0.1, 0.15) is 40.0 Å². The van der Waals surface area contributed by atoms with Crippen molar-refractivity contribution in [3.8, 4) is 11.8 Å². The lowest BCUT2D eigenvalue weighted by Crippen LogP contribution is -2.41. The van der Waals surface area contributed by atoms with Crippen molar-refractivity contribution < 1.29 is 9.53 Å². The first-order valence-corrected chi connectivity index (χ1v) is 7.02. The number of urea groups is 1. The molecule has 2 amide bonds. The molecule has 0 saturated carbocycles. The zero-order valence-corrected chi connectivity index (χ0v) is 12.3. The van der Waals surface area contributed by atoms with E-state index >= 15 is 0 Å². The quantitative estimate of drug-likeness (QED) is 0.749. The molecule has 2 N–H and O–H groups in total. The van der Waals surface area contributed by atoms with Crippen molar-refractivity contribution in [1.82, 2.24) is 10.6 Å². The van der Waals surface area contributed by atoms with Gasteiger partial charge < -0.3 is 15.4 Å². The van der Waals surface area contributed by atoms with Gasteiger partial charge in [0.2, 0.25) is 0 Å². The molecule has 0 bridgehead atoms. The molecule has 0 aromatic carbocycles. The monoisotopic (exact) mass is 266 g/mol. The second-order valence-electron chi connectivity index (χ2n) is 5.89. The van der Waals surface area contributed by atoms with Crippen molar-refractivity contribution >= 4 is 6.03 Å². The molecule has 0 aliphatic carbocycles. The third-order valence-electron chi connectivity index (χ3n) is 3.42. The fraction of sp³-hybridized carbons (Fsp3) is 0.800. The van der Waals surface area contributed by atoms with Crippen molar-refractivity contribution in [3.63, 3.8) is 0 Å². The Morgan fingerprint density at radius 2 is 2.00 bits per heavy atom. The molecule has 0 radical (unpaired) electrons. The summed E-state index contributed by atoms with van der Waals surface area (Å²) < 4.78 is 5.37. The van der Waals surface area contributed by atoms with E-state index in [1.165, 1.54) is 0 Å². The Hall–Kier alpha value is -1.21. The number of carbonyl (C=O) groups excluding carboxylic acids is 1. The minimum absolute atomic E-state index is 0.121. The van der Waals surface area contributed by atoms with Gasteiger partial charge in [0.15, 0.2) is 0 Å². The standard InChI is InChI=1S/C15H26N2O2/c1-4-5-8-16-14(18)17-12-15(2,3)11-13-6-9-19-10-7-13/h13H,6-12H2,1-3H3,(H2,16,17,18). The van der Waals surface area contributed by atoms with Crippen LogP contribution in [0.3, 0.4) is 0 Å². The molecule has 1 aliphatic rings. The molecule has 4 heteroatoms. The summed E-state index contributed by atoms with van der Waals surface area (Å²) in [6.45, 7) is 9.02. The van der Waals surface area contributed by atoms with Gasteiger partial charge in [0.1, 0.15) is 0 Å². The molecule has 1 aliphatic heterocycles. The van der Waals surface area contributed by atoms with Gasteiger partial charge in [-0.05, 0) is 37.5 Å². The van der Waals surface area contributed by atoms with Gasteiger partial charge in [0.05, 0.1) is 6.54 Å². The molecule has 1 heterocycles. The Morgan fingerprint density at radius 1 is 1.32 bits per heavy atom. The molecule has 4 nitrogen and oxygen atoms in total. The molecular formula is C15H26N2O2. The van der Waals surface area contributed by atoms with Gasteiger partial charge in [-0.25, -0.2) is 4.79 Å². The van der Waals surface area contributed by atoms with Crippen LogP contribution in [-0.2, 0) is 4.74 Å². The first kappa shape index (κ1) is 15.8. The van der Waals surface area contributed by atoms with Crippen LogP contribution >= 0.6 is 0 Å². The van der Waals surface area contributed by atoms with Crippen molar-refractivity contribution in [2.24, 2.45) is 11.3 Å². The van der Waals surface area contributed by atoms with Gasteiger partial charge >= 0.3 is 6.03 Å². The van der Waals surface area contributed by atoms with E-state index in [0.717, 1.165) is 38.4 Å². The molecule has 1 fully saturated rings. The van der Waals surface area contributed by atoms with Gasteiger partial charge in [0.25, 0.3) is 0 Å². The predicted molar refractivity (Wildman–Crippen MR) is 76.8 cm³/mol. The fourth-order valence-corrected chi connectivity index (χ4v) is 2.40. The highest BCUT2D eigenvalue weighted by Gasteiger charge is 2.25. The van der Waals surface area contributed by atoms with Crippen LogP contribution in [-0.4, -0.2) is 32.3 Å². The summed E-state index contributed by atoms with van der Waals surface area (Å²) in [5.74, 6) is 6.27. The second-order valence-corrected chi connectivity index (χ2v) is 5.89. The SMILES string of the molecule is CC#CCNC(=O)NCC(C)(C)CC1CCOCC1. The third-order valence-corrected chi connectivity index (χ3v) is 3.42. The highest BCUT2D eigenvalue weighted by atomic mass is 16.5. The molecule has 0 spiro atoms. The summed E-state index contributed by atoms with van der Waals surface area (Å²) in [6, 6.07) is -0.136. The first-order valence-electron chi connectivity index (χ1n) is 7.02. The average molecular weight is 266 g/mol. The van der Waals surface area contributed by atoms with E-state index in [-0.39, 0.29) is 11.4 Å². The first-order chi connectivity index (χ1) is 9.03. The predicted octanol–water partition coefficient (Wildman–Crippen LogP) is 2.15. The number of hydrogen-bond acceptors (Lipinski definition) is 2. The highest BCUT2D eigenvalue weighted by Crippen LogP contribution is 2.30. The van der Waals surface area contributed by atoms with Crippen LogP contribution in [0.25, 0.3) is 0 Å². The van der Waals surface area contributed by atoms with E-state index in [0.29, 0.717) is 13.1 Å². The number of carbonyl (C=O) groups is 1. The van der Waals surface area contributed by atoms with Gasteiger partial charge in [-0.15, -0.1) is 5.92 Å². The van der Waals surface area contributed by atoms with Gasteiger partial charge in [-0.2, -0.15) is 0 Å². The molecular weight excluding hydrogens is 240 g/mol. The molecule has 1 saturated heterocycles. The average Bonchev–Trinajstić information content (AvgIpc) is 2.38. The number of rotatable bonds is 5. The molecule has 0 atom stereocenters. The third kappa shape index (κ3) is 7.07. The van der Waals surface area contributed by atoms with Gasteiger partial charge in [-0.3, -0.25) is 0 Å². The van der Waals surface area contributed by atoms with Gasteiger partial charge in [-0.1, -0.05) is 19.8 Å². The maximum atomic E-state index is 11.5. The normalized spacial score (nSPS) is 16.4. The van der Waals surface area contributed by atoms with E-state index in [1.807, 2.05) is 0 Å². The van der Waals surface area contributed by atoms with E-state index in [2.05, 4.69) is 36.3 Å².